The van der Waals surface area contributed by atoms with Crippen molar-refractivity contribution < 1.29 is 18.8 Å². The molecular formula is C23H24FN5O3. The summed E-state index contributed by atoms with van der Waals surface area (Å²) >= 11 is 0. The molecule has 9 heteroatoms. The number of pyridine rings is 2. The summed E-state index contributed by atoms with van der Waals surface area (Å²) in [6, 6.07) is 6.71. The van der Waals surface area contributed by atoms with Crippen molar-refractivity contribution in [3.63, 3.8) is 0 Å². The second kappa shape index (κ2) is 9.25. The van der Waals surface area contributed by atoms with Crippen LogP contribution in [-0.4, -0.2) is 64.0 Å². The molecule has 1 fully saturated rings. The molecule has 2 aliphatic rings. The van der Waals surface area contributed by atoms with E-state index in [0.717, 1.165) is 12.8 Å². The Bertz CT molecular complexity index is 1070. The van der Waals surface area contributed by atoms with Gasteiger partial charge in [0.2, 0.25) is 11.9 Å². The van der Waals surface area contributed by atoms with Crippen molar-refractivity contribution in [2.45, 2.75) is 31.7 Å². The van der Waals surface area contributed by atoms with Crippen molar-refractivity contribution in [2.75, 3.05) is 25.5 Å². The van der Waals surface area contributed by atoms with E-state index in [4.69, 9.17) is 0 Å². The molecule has 32 heavy (non-hydrogen) atoms. The molecule has 2 amide bonds. The van der Waals surface area contributed by atoms with E-state index in [9.17, 15) is 18.8 Å². The third kappa shape index (κ3) is 4.66. The summed E-state index contributed by atoms with van der Waals surface area (Å²) in [4.78, 5) is 48.4. The van der Waals surface area contributed by atoms with E-state index in [2.05, 4.69) is 15.3 Å². The van der Waals surface area contributed by atoms with Crippen LogP contribution >= 0.6 is 0 Å². The van der Waals surface area contributed by atoms with Crippen LogP contribution in [0.4, 0.5) is 10.1 Å². The second-order valence-corrected chi connectivity index (χ2v) is 7.99. The Morgan fingerprint density at radius 3 is 2.78 bits per heavy atom. The van der Waals surface area contributed by atoms with Crippen molar-refractivity contribution in [1.82, 2.24) is 19.8 Å². The number of halogens is 1. The van der Waals surface area contributed by atoms with E-state index < -0.39 is 11.9 Å². The molecule has 2 aromatic heterocycles. The average Bonchev–Trinajstić information content (AvgIpc) is 3.65. The first kappa shape index (κ1) is 21.6. The minimum absolute atomic E-state index is 0.0535. The van der Waals surface area contributed by atoms with Crippen LogP contribution in [0.15, 0.2) is 47.9 Å². The number of amides is 2. The molecule has 3 heterocycles. The lowest BCUT2D eigenvalue weighted by atomic mass is 10.0. The van der Waals surface area contributed by atoms with Gasteiger partial charge in [-0.2, -0.15) is 4.39 Å². The van der Waals surface area contributed by atoms with Gasteiger partial charge in [0.05, 0.1) is 17.9 Å². The molecule has 2 aromatic rings. The first-order chi connectivity index (χ1) is 15.5. The number of allylic oxidation sites excluding steroid dienone is 1. The van der Waals surface area contributed by atoms with Crippen LogP contribution in [0.25, 0.3) is 11.3 Å². The van der Waals surface area contributed by atoms with Crippen LogP contribution in [0.1, 0.15) is 25.7 Å². The Kier molecular flexibility index (Phi) is 6.25. The molecule has 0 unspecified atom stereocenters. The Balaban J connectivity index is 1.48. The fourth-order valence-electron chi connectivity index (χ4n) is 3.80. The molecule has 1 N–H and O–H groups in total. The summed E-state index contributed by atoms with van der Waals surface area (Å²) in [5.41, 5.74) is 1.67. The topological polar surface area (TPSA) is 95.5 Å². The number of aromatic nitrogens is 2. The number of nitrogens with zero attached hydrogens (tertiary/aromatic N) is 4. The molecule has 1 aliphatic carbocycles. The highest BCUT2D eigenvalue weighted by molar-refractivity contribution is 6.00. The number of rotatable bonds is 7. The molecule has 0 radical (unpaired) electrons. The minimum Gasteiger partial charge on any atom is -0.357 e. The quantitative estimate of drug-likeness (QED) is 0.528. The van der Waals surface area contributed by atoms with Crippen molar-refractivity contribution >= 4 is 23.8 Å². The Morgan fingerprint density at radius 2 is 2.12 bits per heavy atom. The zero-order chi connectivity index (χ0) is 22.7. The van der Waals surface area contributed by atoms with E-state index in [-0.39, 0.29) is 29.9 Å². The van der Waals surface area contributed by atoms with E-state index in [0.29, 0.717) is 42.5 Å². The smallest absolute Gasteiger partial charge is 0.270 e. The van der Waals surface area contributed by atoms with Gasteiger partial charge in [0.25, 0.3) is 5.91 Å². The SMILES string of the molecule is CN(C(=O)C1=C(C=O)CCCN1CC(=O)Nc1ccc(-c2cccnc2)nc1F)C1CC1. The largest absolute Gasteiger partial charge is 0.357 e. The van der Waals surface area contributed by atoms with E-state index in [1.54, 1.807) is 47.4 Å². The zero-order valence-electron chi connectivity index (χ0n) is 17.8. The second-order valence-electron chi connectivity index (χ2n) is 7.99. The lowest BCUT2D eigenvalue weighted by molar-refractivity contribution is -0.129. The molecule has 0 saturated heterocycles. The number of carbonyl (C=O) groups is 3. The molecule has 8 nitrogen and oxygen atoms in total. The summed E-state index contributed by atoms with van der Waals surface area (Å²) in [5, 5.41) is 2.52. The molecule has 4 rings (SSSR count). The van der Waals surface area contributed by atoms with Crippen LogP contribution in [0.3, 0.4) is 0 Å². The Labute approximate surface area is 185 Å². The van der Waals surface area contributed by atoms with Gasteiger partial charge < -0.3 is 15.1 Å². The maximum absolute atomic E-state index is 14.5. The molecule has 0 bridgehead atoms. The molecule has 0 spiro atoms. The number of hydrogen-bond acceptors (Lipinski definition) is 6. The van der Waals surface area contributed by atoms with Gasteiger partial charge in [-0.05, 0) is 49.9 Å². The number of aldehydes is 1. The number of anilines is 1. The molecule has 0 atom stereocenters. The summed E-state index contributed by atoms with van der Waals surface area (Å²) in [6.07, 6.45) is 6.91. The van der Waals surface area contributed by atoms with Crippen molar-refractivity contribution in [3.8, 4) is 11.3 Å². The van der Waals surface area contributed by atoms with Crippen LogP contribution < -0.4 is 5.32 Å². The highest BCUT2D eigenvalue weighted by atomic mass is 19.1. The minimum atomic E-state index is -0.813. The predicted molar refractivity (Wildman–Crippen MR) is 116 cm³/mol. The highest BCUT2D eigenvalue weighted by Crippen LogP contribution is 2.30. The summed E-state index contributed by atoms with van der Waals surface area (Å²) in [5.74, 6) is -1.56. The van der Waals surface area contributed by atoms with E-state index >= 15 is 0 Å². The van der Waals surface area contributed by atoms with Gasteiger partial charge in [0.15, 0.2) is 0 Å². The van der Waals surface area contributed by atoms with Gasteiger partial charge >= 0.3 is 0 Å². The van der Waals surface area contributed by atoms with Crippen molar-refractivity contribution in [1.29, 1.82) is 0 Å². The van der Waals surface area contributed by atoms with Gasteiger partial charge in [-0.1, -0.05) is 0 Å². The molecule has 0 aromatic carbocycles. The highest BCUT2D eigenvalue weighted by Gasteiger charge is 2.35. The van der Waals surface area contributed by atoms with Crippen molar-refractivity contribution in [2.24, 2.45) is 0 Å². The average molecular weight is 437 g/mol. The first-order valence-electron chi connectivity index (χ1n) is 10.5. The maximum atomic E-state index is 14.5. The fraction of sp³-hybridized carbons (Fsp3) is 0.348. The maximum Gasteiger partial charge on any atom is 0.270 e. The van der Waals surface area contributed by atoms with Crippen LogP contribution in [0.2, 0.25) is 0 Å². The number of hydrogen-bond donors (Lipinski definition) is 1. The van der Waals surface area contributed by atoms with Gasteiger partial charge in [-0.25, -0.2) is 4.98 Å². The molecule has 1 saturated carbocycles. The fourth-order valence-corrected chi connectivity index (χ4v) is 3.80. The molecular weight excluding hydrogens is 413 g/mol. The normalized spacial score (nSPS) is 16.0. The van der Waals surface area contributed by atoms with Gasteiger partial charge in [0.1, 0.15) is 12.0 Å². The Morgan fingerprint density at radius 1 is 1.31 bits per heavy atom. The third-order valence-corrected chi connectivity index (χ3v) is 5.67. The molecule has 166 valence electrons. The third-order valence-electron chi connectivity index (χ3n) is 5.67. The zero-order valence-corrected chi connectivity index (χ0v) is 17.8. The lowest BCUT2D eigenvalue weighted by Crippen LogP contribution is -2.43. The van der Waals surface area contributed by atoms with Crippen LogP contribution in [0.5, 0.6) is 0 Å². The summed E-state index contributed by atoms with van der Waals surface area (Å²) in [6.45, 7) is 0.297. The molecule has 1 aliphatic heterocycles. The number of carbonyl (C=O) groups excluding carboxylic acids is 3. The van der Waals surface area contributed by atoms with E-state index in [1.165, 1.54) is 6.07 Å². The van der Waals surface area contributed by atoms with Crippen molar-refractivity contribution in [3.05, 3.63) is 53.9 Å². The lowest BCUT2D eigenvalue weighted by Gasteiger charge is -2.33. The number of nitrogens with one attached hydrogen (secondary N) is 1. The van der Waals surface area contributed by atoms with Crippen LogP contribution in [0, 0.1) is 5.95 Å². The van der Waals surface area contributed by atoms with Gasteiger partial charge in [-0.3, -0.25) is 19.4 Å². The predicted octanol–water partition coefficient (Wildman–Crippen LogP) is 2.39. The summed E-state index contributed by atoms with van der Waals surface area (Å²) in [7, 11) is 1.72. The van der Waals surface area contributed by atoms with E-state index in [1.807, 2.05) is 0 Å². The van der Waals surface area contributed by atoms with Gasteiger partial charge in [0, 0.05) is 43.2 Å². The first-order valence-corrected chi connectivity index (χ1v) is 10.5. The standard InChI is InChI=1S/C23H24FN5O3/c1-28(17-6-7-17)23(32)21-16(14-30)5-3-11-29(21)13-20(31)26-19-9-8-18(27-22(19)24)15-4-2-10-25-12-15/h2,4,8-10,12,14,17H,3,5-7,11,13H2,1H3,(H,26,31). The van der Waals surface area contributed by atoms with Gasteiger partial charge in [-0.15, -0.1) is 0 Å². The monoisotopic (exact) mass is 437 g/mol. The summed E-state index contributed by atoms with van der Waals surface area (Å²) < 4.78 is 14.5. The Hall–Kier alpha value is -3.62. The van der Waals surface area contributed by atoms with Crippen LogP contribution in [-0.2, 0) is 14.4 Å². The number of likely N-dealkylation sites (N-methyl/N-ethyl adjacent to an activating group) is 1.